The topological polar surface area (TPSA) is 55.4 Å². The largest absolute Gasteiger partial charge is 0.452 e. The summed E-state index contributed by atoms with van der Waals surface area (Å²) in [5, 5.41) is 4.82. The number of carbonyl (C=O) groups excluding carboxylic acids is 2. The Balaban J connectivity index is 1.64. The lowest BCUT2D eigenvalue weighted by Crippen LogP contribution is -2.32. The minimum absolute atomic E-state index is 0.0729. The minimum Gasteiger partial charge on any atom is -0.452 e. The van der Waals surface area contributed by atoms with Gasteiger partial charge in [-0.3, -0.25) is 4.79 Å². The average Bonchev–Trinajstić information content (AvgIpc) is 3.21. The van der Waals surface area contributed by atoms with Crippen LogP contribution in [0.25, 0.3) is 0 Å². The van der Waals surface area contributed by atoms with Gasteiger partial charge in [-0.25, -0.2) is 9.18 Å². The minimum atomic E-state index is -0.739. The molecule has 0 fully saturated rings. The molecule has 2 aromatic carbocycles. The number of ether oxygens (including phenoxy) is 1. The third kappa shape index (κ3) is 4.80. The summed E-state index contributed by atoms with van der Waals surface area (Å²) >= 11 is 1.53. The van der Waals surface area contributed by atoms with Gasteiger partial charge in [-0.05, 0) is 41.6 Å². The molecule has 1 unspecified atom stereocenters. The first-order valence-corrected chi connectivity index (χ1v) is 9.23. The Bertz CT molecular complexity index is 926. The van der Waals surface area contributed by atoms with Gasteiger partial charge in [0.15, 0.2) is 6.61 Å². The van der Waals surface area contributed by atoms with Crippen LogP contribution in [0.5, 0.6) is 0 Å². The smallest absolute Gasteiger partial charge is 0.338 e. The lowest BCUT2D eigenvalue weighted by molar-refractivity contribution is -0.124. The molecule has 0 saturated heterocycles. The maximum Gasteiger partial charge on any atom is 0.338 e. The molecule has 6 heteroatoms. The average molecular weight is 383 g/mol. The molecule has 0 spiro atoms. The zero-order valence-electron chi connectivity index (χ0n) is 14.6. The number of rotatable bonds is 6. The summed E-state index contributed by atoms with van der Waals surface area (Å²) in [5.41, 5.74) is 1.44. The molecule has 0 saturated carbocycles. The van der Waals surface area contributed by atoms with E-state index in [2.05, 4.69) is 5.32 Å². The molecule has 3 aromatic rings. The van der Waals surface area contributed by atoms with Gasteiger partial charge in [0.05, 0.1) is 11.6 Å². The van der Waals surface area contributed by atoms with Crippen molar-refractivity contribution in [3.8, 4) is 0 Å². The number of thiophene rings is 1. The molecule has 1 N–H and O–H groups in total. The van der Waals surface area contributed by atoms with Gasteiger partial charge >= 0.3 is 5.97 Å². The Kier molecular flexibility index (Phi) is 5.98. The lowest BCUT2D eigenvalue weighted by Gasteiger charge is -2.18. The highest BCUT2D eigenvalue weighted by Crippen LogP contribution is 2.25. The first kappa shape index (κ1) is 18.8. The van der Waals surface area contributed by atoms with E-state index in [1.165, 1.54) is 23.5 Å². The molecule has 0 aliphatic heterocycles. The van der Waals surface area contributed by atoms with Crippen molar-refractivity contribution in [2.24, 2.45) is 0 Å². The summed E-state index contributed by atoms with van der Waals surface area (Å²) < 4.78 is 18.6. The van der Waals surface area contributed by atoms with Crippen LogP contribution in [-0.2, 0) is 9.53 Å². The molecule has 0 aliphatic carbocycles. The summed E-state index contributed by atoms with van der Waals surface area (Å²) in [6.45, 7) is 1.16. The van der Waals surface area contributed by atoms with E-state index in [4.69, 9.17) is 4.74 Å². The highest BCUT2D eigenvalue weighted by Gasteiger charge is 2.19. The lowest BCUT2D eigenvalue weighted by atomic mass is 10.1. The van der Waals surface area contributed by atoms with Crippen LogP contribution in [-0.4, -0.2) is 18.5 Å². The van der Waals surface area contributed by atoms with Crippen LogP contribution in [0.3, 0.4) is 0 Å². The van der Waals surface area contributed by atoms with Crippen LogP contribution in [0.2, 0.25) is 0 Å². The Morgan fingerprint density at radius 1 is 1.11 bits per heavy atom. The number of aryl methyl sites for hydroxylation is 1. The maximum atomic E-state index is 13.6. The summed E-state index contributed by atoms with van der Waals surface area (Å²) in [5.74, 6) is -1.66. The van der Waals surface area contributed by atoms with Crippen LogP contribution in [0, 0.1) is 12.7 Å². The molecule has 138 valence electrons. The summed E-state index contributed by atoms with van der Waals surface area (Å²) in [4.78, 5) is 25.3. The van der Waals surface area contributed by atoms with Gasteiger partial charge in [-0.15, -0.1) is 11.3 Å². The van der Waals surface area contributed by atoms with E-state index in [0.717, 1.165) is 16.5 Å². The number of carbonyl (C=O) groups is 2. The third-order valence-electron chi connectivity index (χ3n) is 4.01. The zero-order valence-corrected chi connectivity index (χ0v) is 15.5. The standard InChI is InChI=1S/C21H18FNO3S/c1-14-9-10-16(12-17(14)22)21(25)26-13-19(24)23-20(18-8-5-11-27-18)15-6-3-2-4-7-15/h2-12,20H,13H2,1H3,(H,23,24). The molecule has 4 nitrogen and oxygen atoms in total. The van der Waals surface area contributed by atoms with Gasteiger partial charge < -0.3 is 10.1 Å². The second-order valence-corrected chi connectivity index (χ2v) is 6.95. The molecule has 0 bridgehead atoms. The van der Waals surface area contributed by atoms with Gasteiger partial charge in [0, 0.05) is 4.88 Å². The maximum absolute atomic E-state index is 13.6. The van der Waals surface area contributed by atoms with Crippen LogP contribution < -0.4 is 5.32 Å². The van der Waals surface area contributed by atoms with E-state index in [1.807, 2.05) is 47.8 Å². The molecule has 27 heavy (non-hydrogen) atoms. The van der Waals surface area contributed by atoms with Crippen molar-refractivity contribution < 1.29 is 18.7 Å². The zero-order chi connectivity index (χ0) is 19.2. The molecular weight excluding hydrogens is 365 g/mol. The SMILES string of the molecule is Cc1ccc(C(=O)OCC(=O)NC(c2ccccc2)c2cccs2)cc1F. The van der Waals surface area contributed by atoms with Crippen molar-refractivity contribution in [3.05, 3.63) is 93.4 Å². The highest BCUT2D eigenvalue weighted by atomic mass is 32.1. The van der Waals surface area contributed by atoms with Gasteiger partial charge in [-0.1, -0.05) is 42.5 Å². The monoisotopic (exact) mass is 383 g/mol. The van der Waals surface area contributed by atoms with Crippen molar-refractivity contribution in [2.75, 3.05) is 6.61 Å². The van der Waals surface area contributed by atoms with Gasteiger partial charge in [-0.2, -0.15) is 0 Å². The van der Waals surface area contributed by atoms with Crippen molar-refractivity contribution >= 4 is 23.2 Å². The van der Waals surface area contributed by atoms with E-state index in [-0.39, 0.29) is 11.6 Å². The molecule has 1 atom stereocenters. The first-order valence-electron chi connectivity index (χ1n) is 8.35. The van der Waals surface area contributed by atoms with Gasteiger partial charge in [0.2, 0.25) is 0 Å². The van der Waals surface area contributed by atoms with Crippen LogP contribution in [0.1, 0.15) is 32.4 Å². The molecule has 0 radical (unpaired) electrons. The molecule has 1 amide bonds. The first-order chi connectivity index (χ1) is 13.0. The number of hydrogen-bond acceptors (Lipinski definition) is 4. The number of hydrogen-bond donors (Lipinski definition) is 1. The summed E-state index contributed by atoms with van der Waals surface area (Å²) in [6, 6.07) is 17.1. The second-order valence-electron chi connectivity index (χ2n) is 5.97. The van der Waals surface area contributed by atoms with Crippen LogP contribution in [0.4, 0.5) is 4.39 Å². The van der Waals surface area contributed by atoms with E-state index >= 15 is 0 Å². The Hall–Kier alpha value is -2.99. The number of nitrogens with one attached hydrogen (secondary N) is 1. The molecule has 3 rings (SSSR count). The van der Waals surface area contributed by atoms with E-state index in [9.17, 15) is 14.0 Å². The quantitative estimate of drug-likeness (QED) is 0.647. The van der Waals surface area contributed by atoms with Crippen molar-refractivity contribution in [3.63, 3.8) is 0 Å². The molecule has 1 aromatic heterocycles. The molecule has 1 heterocycles. The number of esters is 1. The van der Waals surface area contributed by atoms with Crippen LogP contribution in [0.15, 0.2) is 66.0 Å². The van der Waals surface area contributed by atoms with Gasteiger partial charge in [0.25, 0.3) is 5.91 Å². The van der Waals surface area contributed by atoms with Crippen molar-refractivity contribution in [2.45, 2.75) is 13.0 Å². The van der Waals surface area contributed by atoms with Gasteiger partial charge in [0.1, 0.15) is 5.82 Å². The highest BCUT2D eigenvalue weighted by molar-refractivity contribution is 7.10. The fraction of sp³-hybridized carbons (Fsp3) is 0.143. The van der Waals surface area contributed by atoms with Crippen LogP contribution >= 0.6 is 11.3 Å². The van der Waals surface area contributed by atoms with E-state index in [0.29, 0.717) is 5.56 Å². The molecular formula is C21H18FNO3S. The molecule has 0 aliphatic rings. The number of amides is 1. The fourth-order valence-electron chi connectivity index (χ4n) is 2.56. The number of halogens is 1. The Morgan fingerprint density at radius 3 is 2.56 bits per heavy atom. The summed E-state index contributed by atoms with van der Waals surface area (Å²) in [7, 11) is 0. The van der Waals surface area contributed by atoms with E-state index < -0.39 is 24.3 Å². The van der Waals surface area contributed by atoms with Crippen molar-refractivity contribution in [1.29, 1.82) is 0 Å². The summed E-state index contributed by atoms with van der Waals surface area (Å²) in [6.07, 6.45) is 0. The Labute approximate surface area is 160 Å². The predicted octanol–water partition coefficient (Wildman–Crippen LogP) is 4.26. The number of benzene rings is 2. The Morgan fingerprint density at radius 2 is 1.89 bits per heavy atom. The second kappa shape index (κ2) is 8.60. The normalized spacial score (nSPS) is 11.6. The fourth-order valence-corrected chi connectivity index (χ4v) is 3.36. The predicted molar refractivity (Wildman–Crippen MR) is 102 cm³/mol. The third-order valence-corrected chi connectivity index (χ3v) is 4.94. The van der Waals surface area contributed by atoms with Crippen molar-refractivity contribution in [1.82, 2.24) is 5.32 Å². The van der Waals surface area contributed by atoms with E-state index in [1.54, 1.807) is 6.92 Å².